The number of hydrogen-bond donors (Lipinski definition) is 1. The minimum absolute atomic E-state index is 0.918. The molecule has 0 radical (unpaired) electrons. The molecule has 0 spiro atoms. The van der Waals surface area contributed by atoms with Crippen LogP contribution in [0.2, 0.25) is 0 Å². The summed E-state index contributed by atoms with van der Waals surface area (Å²) in [5.41, 5.74) is 3.69. The summed E-state index contributed by atoms with van der Waals surface area (Å²) in [7, 11) is 0. The second-order valence-electron chi connectivity index (χ2n) is 4.47. The van der Waals surface area contributed by atoms with Crippen LogP contribution in [0.25, 0.3) is 10.9 Å². The number of hydrogen-bond acceptors (Lipinski definition) is 2. The summed E-state index contributed by atoms with van der Waals surface area (Å²) in [6.07, 6.45) is 2.23. The first-order valence-electron chi connectivity index (χ1n) is 6.38. The van der Waals surface area contributed by atoms with Crippen molar-refractivity contribution in [3.05, 3.63) is 35.4 Å². The Morgan fingerprint density at radius 2 is 2.00 bits per heavy atom. The zero-order valence-corrected chi connectivity index (χ0v) is 10.9. The number of nitrogens with zero attached hydrogens (tertiary/aromatic N) is 1. The van der Waals surface area contributed by atoms with Crippen molar-refractivity contribution in [2.75, 3.05) is 11.9 Å². The third kappa shape index (κ3) is 2.57. The molecule has 0 saturated heterocycles. The van der Waals surface area contributed by atoms with E-state index in [0.717, 1.165) is 30.7 Å². The maximum atomic E-state index is 4.71. The van der Waals surface area contributed by atoms with Crippen molar-refractivity contribution in [2.24, 2.45) is 0 Å². The lowest BCUT2D eigenvalue weighted by Gasteiger charge is -2.11. The van der Waals surface area contributed by atoms with E-state index in [0.29, 0.717) is 0 Å². The molecule has 2 heteroatoms. The van der Waals surface area contributed by atoms with E-state index in [1.165, 1.54) is 16.5 Å². The van der Waals surface area contributed by atoms with Crippen molar-refractivity contribution >= 4 is 16.7 Å². The number of rotatable bonds is 4. The van der Waals surface area contributed by atoms with Gasteiger partial charge < -0.3 is 5.32 Å². The van der Waals surface area contributed by atoms with Gasteiger partial charge in [-0.15, -0.1) is 0 Å². The SMILES string of the molecule is CCCc1cc2cc(C)ccc2nc1NCC. The smallest absolute Gasteiger partial charge is 0.129 e. The highest BCUT2D eigenvalue weighted by atomic mass is 15.0. The van der Waals surface area contributed by atoms with E-state index in [1.807, 2.05) is 0 Å². The summed E-state index contributed by atoms with van der Waals surface area (Å²) in [6, 6.07) is 8.69. The zero-order valence-electron chi connectivity index (χ0n) is 10.9. The third-order valence-corrected chi connectivity index (χ3v) is 2.91. The lowest BCUT2D eigenvalue weighted by Crippen LogP contribution is -2.03. The maximum Gasteiger partial charge on any atom is 0.129 e. The highest BCUT2D eigenvalue weighted by Crippen LogP contribution is 2.22. The number of benzene rings is 1. The van der Waals surface area contributed by atoms with Crippen LogP contribution in [-0.4, -0.2) is 11.5 Å². The van der Waals surface area contributed by atoms with Gasteiger partial charge in [0.2, 0.25) is 0 Å². The lowest BCUT2D eigenvalue weighted by molar-refractivity contribution is 0.916. The summed E-state index contributed by atoms with van der Waals surface area (Å²) < 4.78 is 0. The molecule has 0 amide bonds. The standard InChI is InChI=1S/C15H20N2/c1-4-6-12-10-13-9-11(3)7-8-14(13)17-15(12)16-5-2/h7-10H,4-6H2,1-3H3,(H,16,17). The molecule has 0 aliphatic heterocycles. The monoisotopic (exact) mass is 228 g/mol. The normalized spacial score (nSPS) is 10.8. The molecule has 0 aliphatic rings. The minimum Gasteiger partial charge on any atom is -0.370 e. The summed E-state index contributed by atoms with van der Waals surface area (Å²) >= 11 is 0. The van der Waals surface area contributed by atoms with Crippen LogP contribution in [0.1, 0.15) is 31.4 Å². The third-order valence-electron chi connectivity index (χ3n) is 2.91. The van der Waals surface area contributed by atoms with E-state index in [1.54, 1.807) is 0 Å². The van der Waals surface area contributed by atoms with Crippen LogP contribution in [0, 0.1) is 6.92 Å². The molecule has 0 fully saturated rings. The van der Waals surface area contributed by atoms with Gasteiger partial charge in [-0.3, -0.25) is 0 Å². The van der Waals surface area contributed by atoms with Gasteiger partial charge in [-0.2, -0.15) is 0 Å². The van der Waals surface area contributed by atoms with Crippen molar-refractivity contribution < 1.29 is 0 Å². The lowest BCUT2D eigenvalue weighted by atomic mass is 10.1. The van der Waals surface area contributed by atoms with Crippen LogP contribution in [0.15, 0.2) is 24.3 Å². The Kier molecular flexibility index (Phi) is 3.62. The number of pyridine rings is 1. The second-order valence-corrected chi connectivity index (χ2v) is 4.47. The second kappa shape index (κ2) is 5.17. The zero-order chi connectivity index (χ0) is 12.3. The van der Waals surface area contributed by atoms with Gasteiger partial charge in [0, 0.05) is 11.9 Å². The molecule has 1 aromatic heterocycles. The molecule has 17 heavy (non-hydrogen) atoms. The predicted octanol–water partition coefficient (Wildman–Crippen LogP) is 3.93. The Morgan fingerprint density at radius 1 is 1.18 bits per heavy atom. The number of aryl methyl sites for hydroxylation is 2. The first-order chi connectivity index (χ1) is 8.24. The average molecular weight is 228 g/mol. The summed E-state index contributed by atoms with van der Waals surface area (Å²) in [4.78, 5) is 4.71. The molecule has 2 rings (SSSR count). The van der Waals surface area contributed by atoms with Gasteiger partial charge in [0.25, 0.3) is 0 Å². The molecule has 0 atom stereocenters. The predicted molar refractivity (Wildman–Crippen MR) is 74.6 cm³/mol. The maximum absolute atomic E-state index is 4.71. The van der Waals surface area contributed by atoms with E-state index in [9.17, 15) is 0 Å². The van der Waals surface area contributed by atoms with Crippen LogP contribution >= 0.6 is 0 Å². The Labute approximate surface area is 103 Å². The fraction of sp³-hybridized carbons (Fsp3) is 0.400. The van der Waals surface area contributed by atoms with Crippen molar-refractivity contribution in [1.29, 1.82) is 0 Å². The van der Waals surface area contributed by atoms with Gasteiger partial charge in [-0.1, -0.05) is 25.0 Å². The van der Waals surface area contributed by atoms with Crippen LogP contribution in [-0.2, 0) is 6.42 Å². The quantitative estimate of drug-likeness (QED) is 0.857. The molecular formula is C15H20N2. The van der Waals surface area contributed by atoms with Gasteiger partial charge in [0.05, 0.1) is 5.52 Å². The highest BCUT2D eigenvalue weighted by Gasteiger charge is 2.05. The van der Waals surface area contributed by atoms with Crippen molar-refractivity contribution in [3.8, 4) is 0 Å². The molecule has 1 heterocycles. The molecule has 90 valence electrons. The topological polar surface area (TPSA) is 24.9 Å². The van der Waals surface area contributed by atoms with E-state index in [-0.39, 0.29) is 0 Å². The summed E-state index contributed by atoms with van der Waals surface area (Å²) in [6.45, 7) is 7.35. The molecule has 0 saturated carbocycles. The minimum atomic E-state index is 0.918. The Morgan fingerprint density at radius 3 is 2.71 bits per heavy atom. The van der Waals surface area contributed by atoms with Crippen LogP contribution in [0.3, 0.4) is 0 Å². The molecule has 0 unspecified atom stereocenters. The molecular weight excluding hydrogens is 208 g/mol. The van der Waals surface area contributed by atoms with Crippen molar-refractivity contribution in [2.45, 2.75) is 33.6 Å². The van der Waals surface area contributed by atoms with Crippen LogP contribution in [0.4, 0.5) is 5.82 Å². The van der Waals surface area contributed by atoms with E-state index in [2.05, 4.69) is 50.4 Å². The number of nitrogens with one attached hydrogen (secondary N) is 1. The molecule has 2 nitrogen and oxygen atoms in total. The number of fused-ring (bicyclic) bond motifs is 1. The summed E-state index contributed by atoms with van der Waals surface area (Å²) in [5, 5.41) is 4.60. The van der Waals surface area contributed by atoms with E-state index < -0.39 is 0 Å². The van der Waals surface area contributed by atoms with Crippen LogP contribution < -0.4 is 5.32 Å². The molecule has 1 N–H and O–H groups in total. The fourth-order valence-electron chi connectivity index (χ4n) is 2.12. The van der Waals surface area contributed by atoms with Gasteiger partial charge in [-0.25, -0.2) is 4.98 Å². The Bertz CT molecular complexity index is 518. The van der Waals surface area contributed by atoms with Crippen molar-refractivity contribution in [3.63, 3.8) is 0 Å². The first-order valence-corrected chi connectivity index (χ1v) is 6.38. The van der Waals surface area contributed by atoms with Gasteiger partial charge >= 0.3 is 0 Å². The van der Waals surface area contributed by atoms with Gasteiger partial charge in [0.15, 0.2) is 0 Å². The Balaban J connectivity index is 2.55. The largest absolute Gasteiger partial charge is 0.370 e. The van der Waals surface area contributed by atoms with E-state index >= 15 is 0 Å². The van der Waals surface area contributed by atoms with Gasteiger partial charge in [0.1, 0.15) is 5.82 Å². The summed E-state index contributed by atoms with van der Waals surface area (Å²) in [5.74, 6) is 1.05. The molecule has 0 bridgehead atoms. The van der Waals surface area contributed by atoms with Crippen LogP contribution in [0.5, 0.6) is 0 Å². The molecule has 1 aromatic carbocycles. The van der Waals surface area contributed by atoms with E-state index in [4.69, 9.17) is 4.98 Å². The highest BCUT2D eigenvalue weighted by molar-refractivity contribution is 5.82. The average Bonchev–Trinajstić information content (AvgIpc) is 2.31. The van der Waals surface area contributed by atoms with Crippen molar-refractivity contribution in [1.82, 2.24) is 4.98 Å². The molecule has 0 aliphatic carbocycles. The molecule has 2 aromatic rings. The first kappa shape index (κ1) is 11.9. The number of aromatic nitrogens is 1. The van der Waals surface area contributed by atoms with Gasteiger partial charge in [-0.05, 0) is 44.0 Å². The fourth-order valence-corrected chi connectivity index (χ4v) is 2.12. The Hall–Kier alpha value is -1.57. The number of anilines is 1.